The van der Waals surface area contributed by atoms with Crippen molar-refractivity contribution in [2.75, 3.05) is 12.4 Å². The van der Waals surface area contributed by atoms with E-state index in [2.05, 4.69) is 34.6 Å². The van der Waals surface area contributed by atoms with E-state index in [1.54, 1.807) is 0 Å². The van der Waals surface area contributed by atoms with Crippen molar-refractivity contribution in [3.63, 3.8) is 0 Å². The zero-order valence-corrected chi connectivity index (χ0v) is 15.1. The molecular formula is C16H19N5O4S. The maximum absolute atomic E-state index is 11.7. The van der Waals surface area contributed by atoms with Crippen molar-refractivity contribution in [2.45, 2.75) is 18.9 Å². The number of ether oxygens (including phenoxy) is 1. The van der Waals surface area contributed by atoms with Crippen LogP contribution in [0, 0.1) is 5.92 Å². The maximum atomic E-state index is 11.7. The van der Waals surface area contributed by atoms with Gasteiger partial charge in [0.15, 0.2) is 5.03 Å². The third-order valence-corrected chi connectivity index (χ3v) is 3.82. The van der Waals surface area contributed by atoms with Gasteiger partial charge in [-0.15, -0.1) is 0 Å². The molecule has 2 rings (SSSR count). The van der Waals surface area contributed by atoms with Gasteiger partial charge in [0.25, 0.3) is 5.56 Å². The Morgan fingerprint density at radius 1 is 1.42 bits per heavy atom. The molecule has 0 bridgehead atoms. The van der Waals surface area contributed by atoms with Crippen molar-refractivity contribution in [2.24, 2.45) is 11.0 Å². The molecule has 1 amide bonds. The third-order valence-electron chi connectivity index (χ3n) is 2.86. The van der Waals surface area contributed by atoms with Crippen LogP contribution >= 0.6 is 11.8 Å². The summed E-state index contributed by atoms with van der Waals surface area (Å²) in [6.45, 7) is 4.75. The van der Waals surface area contributed by atoms with Gasteiger partial charge in [0, 0.05) is 0 Å². The van der Waals surface area contributed by atoms with Crippen LogP contribution < -0.4 is 21.4 Å². The van der Waals surface area contributed by atoms with Crippen LogP contribution in [-0.2, 0) is 4.79 Å². The molecule has 0 saturated heterocycles. The number of carbonyl (C=O) groups excluding carboxylic acids is 1. The second-order valence-corrected chi connectivity index (χ2v) is 6.64. The van der Waals surface area contributed by atoms with Crippen LogP contribution in [0.2, 0.25) is 0 Å². The van der Waals surface area contributed by atoms with E-state index in [9.17, 15) is 14.4 Å². The summed E-state index contributed by atoms with van der Waals surface area (Å²) in [6, 6.07) is 7.33. The van der Waals surface area contributed by atoms with Gasteiger partial charge < -0.3 is 4.74 Å². The van der Waals surface area contributed by atoms with Crippen LogP contribution in [-0.4, -0.2) is 39.7 Å². The summed E-state index contributed by atoms with van der Waals surface area (Å²) in [6.07, 6.45) is 1.50. The van der Waals surface area contributed by atoms with Crippen LogP contribution in [0.1, 0.15) is 19.4 Å². The molecule has 10 heteroatoms. The van der Waals surface area contributed by atoms with E-state index in [1.165, 1.54) is 6.21 Å². The fraction of sp³-hybridized carbons (Fsp3) is 0.312. The van der Waals surface area contributed by atoms with Gasteiger partial charge in [0.2, 0.25) is 5.91 Å². The van der Waals surface area contributed by atoms with Gasteiger partial charge in [-0.2, -0.15) is 10.2 Å². The Morgan fingerprint density at radius 3 is 2.96 bits per heavy atom. The average Bonchev–Trinajstić information content (AvgIpc) is 2.59. The Morgan fingerprint density at radius 2 is 2.23 bits per heavy atom. The number of carbonyl (C=O) groups is 1. The number of nitrogens with one attached hydrogen (secondary N) is 3. The van der Waals surface area contributed by atoms with Crippen LogP contribution in [0.5, 0.6) is 5.75 Å². The molecule has 3 N–H and O–H groups in total. The topological polar surface area (TPSA) is 129 Å². The first kappa shape index (κ1) is 19.4. The standard InChI is InChI=1S/C16H19N5O4S/c1-10(2)8-25-12-5-3-4-11(6-12)7-17-19-13(22)9-26-15-14(23)18-16(24)21-20-15/h3-7,10H,8-9H2,1-2H3,(H,19,22)(H2,18,21,23,24)/b17-7+. The lowest BCUT2D eigenvalue weighted by atomic mass is 10.2. The lowest BCUT2D eigenvalue weighted by Gasteiger charge is -2.08. The third kappa shape index (κ3) is 6.55. The summed E-state index contributed by atoms with van der Waals surface area (Å²) >= 11 is 0.891. The summed E-state index contributed by atoms with van der Waals surface area (Å²) in [5.74, 6) is 0.670. The van der Waals surface area contributed by atoms with E-state index < -0.39 is 17.2 Å². The molecule has 0 unspecified atom stereocenters. The maximum Gasteiger partial charge on any atom is 0.342 e. The van der Waals surface area contributed by atoms with Crippen LogP contribution in [0.15, 0.2) is 44.0 Å². The summed E-state index contributed by atoms with van der Waals surface area (Å²) < 4.78 is 5.63. The molecule has 0 saturated carbocycles. The Bertz CT molecular complexity index is 890. The molecule has 0 fully saturated rings. The van der Waals surface area contributed by atoms with Gasteiger partial charge >= 0.3 is 5.69 Å². The Labute approximate surface area is 153 Å². The van der Waals surface area contributed by atoms with Crippen molar-refractivity contribution in [1.82, 2.24) is 20.6 Å². The number of thioether (sulfide) groups is 1. The van der Waals surface area contributed by atoms with Crippen molar-refractivity contribution in [1.29, 1.82) is 0 Å². The van der Waals surface area contributed by atoms with Crippen LogP contribution in [0.25, 0.3) is 0 Å². The number of hydrazone groups is 1. The first-order chi connectivity index (χ1) is 12.4. The summed E-state index contributed by atoms with van der Waals surface area (Å²) in [7, 11) is 0. The minimum atomic E-state index is -0.701. The fourth-order valence-corrected chi connectivity index (χ4v) is 2.35. The van der Waals surface area contributed by atoms with E-state index in [0.29, 0.717) is 12.5 Å². The van der Waals surface area contributed by atoms with Gasteiger partial charge in [-0.3, -0.25) is 14.6 Å². The number of aromatic nitrogens is 3. The Hall–Kier alpha value is -2.88. The number of hydrogen-bond acceptors (Lipinski definition) is 7. The number of rotatable bonds is 8. The van der Waals surface area contributed by atoms with Gasteiger partial charge in [-0.05, 0) is 23.6 Å². The first-order valence-electron chi connectivity index (χ1n) is 7.80. The number of nitrogens with zero attached hydrogens (tertiary/aromatic N) is 2. The summed E-state index contributed by atoms with van der Waals surface area (Å²) in [5.41, 5.74) is 1.79. The molecule has 0 aliphatic carbocycles. The molecule has 1 heterocycles. The number of hydrogen-bond donors (Lipinski definition) is 3. The Kier molecular flexibility index (Phi) is 7.15. The zero-order valence-electron chi connectivity index (χ0n) is 14.3. The molecule has 138 valence electrons. The minimum Gasteiger partial charge on any atom is -0.493 e. The molecular weight excluding hydrogens is 358 g/mol. The van der Waals surface area contributed by atoms with Gasteiger partial charge in [-0.1, -0.05) is 37.7 Å². The molecule has 1 aromatic heterocycles. The first-order valence-corrected chi connectivity index (χ1v) is 8.79. The van der Waals surface area contributed by atoms with E-state index in [0.717, 1.165) is 23.1 Å². The van der Waals surface area contributed by atoms with E-state index in [4.69, 9.17) is 4.74 Å². The molecule has 0 radical (unpaired) electrons. The normalized spacial score (nSPS) is 11.0. The van der Waals surface area contributed by atoms with Crippen LogP contribution in [0.4, 0.5) is 0 Å². The monoisotopic (exact) mass is 377 g/mol. The van der Waals surface area contributed by atoms with Crippen molar-refractivity contribution < 1.29 is 9.53 Å². The zero-order chi connectivity index (χ0) is 18.9. The second-order valence-electron chi connectivity index (χ2n) is 5.67. The van der Waals surface area contributed by atoms with Crippen molar-refractivity contribution in [3.8, 4) is 5.75 Å². The van der Waals surface area contributed by atoms with Crippen molar-refractivity contribution in [3.05, 3.63) is 50.7 Å². The van der Waals surface area contributed by atoms with Gasteiger partial charge in [0.1, 0.15) is 5.75 Å². The fourth-order valence-electron chi connectivity index (χ4n) is 1.73. The highest BCUT2D eigenvalue weighted by Gasteiger charge is 2.07. The molecule has 0 spiro atoms. The van der Waals surface area contributed by atoms with Gasteiger partial charge in [0.05, 0.1) is 18.6 Å². The highest BCUT2D eigenvalue weighted by atomic mass is 32.2. The predicted octanol–water partition coefficient (Wildman–Crippen LogP) is 0.735. The number of benzene rings is 1. The quantitative estimate of drug-likeness (QED) is 0.353. The molecule has 0 aliphatic heterocycles. The number of aromatic amines is 2. The average molecular weight is 377 g/mol. The lowest BCUT2D eigenvalue weighted by Crippen LogP contribution is -2.26. The molecule has 0 aliphatic rings. The molecule has 9 nitrogen and oxygen atoms in total. The number of H-pyrrole nitrogens is 2. The van der Waals surface area contributed by atoms with Gasteiger partial charge in [-0.25, -0.2) is 15.3 Å². The summed E-state index contributed by atoms with van der Waals surface area (Å²) in [5, 5.41) is 9.53. The summed E-state index contributed by atoms with van der Waals surface area (Å²) in [4.78, 5) is 36.1. The van der Waals surface area contributed by atoms with E-state index >= 15 is 0 Å². The van der Waals surface area contributed by atoms with Crippen molar-refractivity contribution >= 4 is 23.9 Å². The highest BCUT2D eigenvalue weighted by molar-refractivity contribution is 7.99. The van der Waals surface area contributed by atoms with E-state index in [-0.39, 0.29) is 10.8 Å². The van der Waals surface area contributed by atoms with E-state index in [1.807, 2.05) is 29.2 Å². The lowest BCUT2D eigenvalue weighted by molar-refractivity contribution is -0.118. The Balaban J connectivity index is 1.83. The molecule has 0 atom stereocenters. The second kappa shape index (κ2) is 9.56. The minimum absolute atomic E-state index is 0.00117. The molecule has 26 heavy (non-hydrogen) atoms. The largest absolute Gasteiger partial charge is 0.493 e. The SMILES string of the molecule is CC(C)COc1cccc(/C=N/NC(=O)CSc2n[nH]c(=O)[nH]c2=O)c1. The highest BCUT2D eigenvalue weighted by Crippen LogP contribution is 2.13. The number of amides is 1. The van der Waals surface area contributed by atoms with Crippen LogP contribution in [0.3, 0.4) is 0 Å². The molecule has 1 aromatic carbocycles. The molecule has 2 aromatic rings. The smallest absolute Gasteiger partial charge is 0.342 e. The predicted molar refractivity (Wildman–Crippen MR) is 98.7 cm³/mol.